The first kappa shape index (κ1) is 11.6. The van der Waals surface area contributed by atoms with Crippen LogP contribution in [0, 0.1) is 5.82 Å². The van der Waals surface area contributed by atoms with Gasteiger partial charge in [0.15, 0.2) is 11.6 Å². The van der Waals surface area contributed by atoms with Crippen molar-refractivity contribution in [3.63, 3.8) is 0 Å². The Morgan fingerprint density at radius 3 is 2.40 bits per heavy atom. The molecule has 82 valence electrons. The van der Waals surface area contributed by atoms with Crippen LogP contribution in [-0.2, 0) is 0 Å². The molecule has 2 nitrogen and oxygen atoms in total. The number of ketones is 1. The molecule has 0 saturated heterocycles. The van der Waals surface area contributed by atoms with Crippen LogP contribution in [0.25, 0.3) is 0 Å². The average Bonchev–Trinajstić information content (AvgIpc) is 2.15. The molecule has 0 spiro atoms. The minimum atomic E-state index is -3.50. The highest BCUT2D eigenvalue weighted by Gasteiger charge is 2.33. The minimum absolute atomic E-state index is 0.0917. The number of hydrogen-bond acceptors (Lipinski definition) is 2. The van der Waals surface area contributed by atoms with E-state index in [0.29, 0.717) is 6.92 Å². The van der Waals surface area contributed by atoms with E-state index in [0.717, 1.165) is 18.2 Å². The van der Waals surface area contributed by atoms with E-state index < -0.39 is 17.5 Å². The summed E-state index contributed by atoms with van der Waals surface area (Å²) in [5.74, 6) is -5.84. The molecule has 0 atom stereocenters. The Labute approximate surface area is 84.7 Å². The van der Waals surface area contributed by atoms with Gasteiger partial charge >= 0.3 is 5.92 Å². The molecule has 0 unspecified atom stereocenters. The van der Waals surface area contributed by atoms with Crippen LogP contribution in [0.2, 0.25) is 0 Å². The van der Waals surface area contributed by atoms with Crippen LogP contribution >= 0.6 is 0 Å². The predicted molar refractivity (Wildman–Crippen MR) is 47.9 cm³/mol. The molecule has 0 radical (unpaired) electrons. The van der Waals surface area contributed by atoms with E-state index in [1.807, 2.05) is 0 Å². The van der Waals surface area contributed by atoms with Crippen LogP contribution in [0.5, 0.6) is 5.75 Å². The SMILES string of the molecule is COc1ccc(C(=O)C(C)(F)F)cc1F. The third kappa shape index (κ3) is 2.49. The summed E-state index contributed by atoms with van der Waals surface area (Å²) in [5.41, 5.74) is -0.374. The molecule has 0 aromatic heterocycles. The maximum absolute atomic E-state index is 13.1. The second-order valence-corrected chi connectivity index (χ2v) is 3.07. The first-order valence-corrected chi connectivity index (χ1v) is 4.12. The van der Waals surface area contributed by atoms with Gasteiger partial charge in [0, 0.05) is 12.5 Å². The number of carbonyl (C=O) groups excluding carboxylic acids is 1. The second kappa shape index (κ2) is 3.92. The highest BCUT2D eigenvalue weighted by Crippen LogP contribution is 2.23. The van der Waals surface area contributed by atoms with E-state index in [1.165, 1.54) is 7.11 Å². The molecular formula is C10H9F3O2. The number of Topliss-reactive ketones (excluding diaryl/α,β-unsaturated/α-hetero) is 1. The fraction of sp³-hybridized carbons (Fsp3) is 0.300. The fourth-order valence-corrected chi connectivity index (χ4v) is 1.06. The normalized spacial score (nSPS) is 11.3. The number of alkyl halides is 2. The van der Waals surface area contributed by atoms with E-state index in [4.69, 9.17) is 0 Å². The van der Waals surface area contributed by atoms with Gasteiger partial charge in [0.25, 0.3) is 0 Å². The maximum Gasteiger partial charge on any atom is 0.307 e. The van der Waals surface area contributed by atoms with Crippen molar-refractivity contribution in [2.24, 2.45) is 0 Å². The zero-order valence-corrected chi connectivity index (χ0v) is 8.18. The van der Waals surface area contributed by atoms with Gasteiger partial charge in [0.05, 0.1) is 7.11 Å². The van der Waals surface area contributed by atoms with Gasteiger partial charge in [-0.25, -0.2) is 4.39 Å². The van der Waals surface area contributed by atoms with Crippen molar-refractivity contribution < 1.29 is 22.7 Å². The van der Waals surface area contributed by atoms with Crippen LogP contribution < -0.4 is 4.74 Å². The monoisotopic (exact) mass is 218 g/mol. The van der Waals surface area contributed by atoms with Crippen molar-refractivity contribution in [2.75, 3.05) is 7.11 Å². The van der Waals surface area contributed by atoms with Crippen LogP contribution in [0.3, 0.4) is 0 Å². The molecule has 0 saturated carbocycles. The molecular weight excluding hydrogens is 209 g/mol. The van der Waals surface area contributed by atoms with E-state index in [9.17, 15) is 18.0 Å². The Balaban J connectivity index is 3.08. The molecule has 0 aliphatic carbocycles. The molecule has 0 N–H and O–H groups in total. The number of hydrogen-bond donors (Lipinski definition) is 0. The zero-order valence-electron chi connectivity index (χ0n) is 8.18. The van der Waals surface area contributed by atoms with E-state index in [2.05, 4.69) is 4.74 Å². The van der Waals surface area contributed by atoms with Gasteiger partial charge in [0.2, 0.25) is 5.78 Å². The van der Waals surface area contributed by atoms with Gasteiger partial charge in [-0.3, -0.25) is 4.79 Å². The Kier molecular flexibility index (Phi) is 3.02. The lowest BCUT2D eigenvalue weighted by Gasteiger charge is -2.09. The molecule has 5 heteroatoms. The Hall–Kier alpha value is -1.52. The van der Waals surface area contributed by atoms with E-state index in [-0.39, 0.29) is 11.3 Å². The first-order chi connectivity index (χ1) is 6.86. The molecule has 1 aromatic rings. The summed E-state index contributed by atoms with van der Waals surface area (Å²) in [7, 11) is 1.24. The van der Waals surface area contributed by atoms with Crippen molar-refractivity contribution in [1.29, 1.82) is 0 Å². The van der Waals surface area contributed by atoms with Crippen molar-refractivity contribution >= 4 is 5.78 Å². The standard InChI is InChI=1S/C10H9F3O2/c1-10(12,13)9(14)6-3-4-8(15-2)7(11)5-6/h3-5H,1-2H3. The largest absolute Gasteiger partial charge is 0.494 e. The molecule has 1 aromatic carbocycles. The van der Waals surface area contributed by atoms with Gasteiger partial charge < -0.3 is 4.74 Å². The van der Waals surface area contributed by atoms with Crippen LogP contribution in [0.15, 0.2) is 18.2 Å². The topological polar surface area (TPSA) is 26.3 Å². The summed E-state index contributed by atoms with van der Waals surface area (Å²) >= 11 is 0. The summed E-state index contributed by atoms with van der Waals surface area (Å²) < 4.78 is 42.9. The maximum atomic E-state index is 13.1. The van der Waals surface area contributed by atoms with E-state index in [1.54, 1.807) is 0 Å². The second-order valence-electron chi connectivity index (χ2n) is 3.07. The van der Waals surface area contributed by atoms with Crippen molar-refractivity contribution in [1.82, 2.24) is 0 Å². The number of halogens is 3. The van der Waals surface area contributed by atoms with Crippen LogP contribution in [0.1, 0.15) is 17.3 Å². The van der Waals surface area contributed by atoms with Gasteiger partial charge in [-0.15, -0.1) is 0 Å². The molecule has 0 bridgehead atoms. The van der Waals surface area contributed by atoms with Crippen molar-refractivity contribution in [3.05, 3.63) is 29.6 Å². The molecule has 0 aliphatic heterocycles. The highest BCUT2D eigenvalue weighted by molar-refractivity contribution is 6.01. The lowest BCUT2D eigenvalue weighted by Crippen LogP contribution is -2.24. The highest BCUT2D eigenvalue weighted by atomic mass is 19.3. The first-order valence-electron chi connectivity index (χ1n) is 4.12. The molecule has 0 fully saturated rings. The number of ether oxygens (including phenoxy) is 1. The quantitative estimate of drug-likeness (QED) is 0.729. The van der Waals surface area contributed by atoms with Gasteiger partial charge in [-0.05, 0) is 18.2 Å². The average molecular weight is 218 g/mol. The Morgan fingerprint density at radius 1 is 1.40 bits per heavy atom. The van der Waals surface area contributed by atoms with E-state index >= 15 is 0 Å². The smallest absolute Gasteiger partial charge is 0.307 e. The number of benzene rings is 1. The molecule has 1 rings (SSSR count). The number of carbonyl (C=O) groups is 1. The molecule has 0 heterocycles. The Morgan fingerprint density at radius 2 is 2.00 bits per heavy atom. The fourth-order valence-electron chi connectivity index (χ4n) is 1.06. The molecule has 0 amide bonds. The summed E-state index contributed by atoms with van der Waals surface area (Å²) in [6.07, 6.45) is 0. The third-order valence-corrected chi connectivity index (χ3v) is 1.81. The Bertz CT molecular complexity index is 383. The summed E-state index contributed by atoms with van der Waals surface area (Å²) in [6.45, 7) is 0.470. The third-order valence-electron chi connectivity index (χ3n) is 1.81. The lowest BCUT2D eigenvalue weighted by molar-refractivity contribution is 0.0221. The van der Waals surface area contributed by atoms with Gasteiger partial charge in [-0.2, -0.15) is 8.78 Å². The molecule has 0 aliphatic rings. The van der Waals surface area contributed by atoms with Crippen LogP contribution in [-0.4, -0.2) is 18.8 Å². The predicted octanol–water partition coefficient (Wildman–Crippen LogP) is 2.67. The number of methoxy groups -OCH3 is 1. The molecule has 15 heavy (non-hydrogen) atoms. The summed E-state index contributed by atoms with van der Waals surface area (Å²) in [4.78, 5) is 11.1. The van der Waals surface area contributed by atoms with Crippen molar-refractivity contribution in [3.8, 4) is 5.75 Å². The van der Waals surface area contributed by atoms with Gasteiger partial charge in [0.1, 0.15) is 0 Å². The lowest BCUT2D eigenvalue weighted by atomic mass is 10.1. The summed E-state index contributed by atoms with van der Waals surface area (Å²) in [5, 5.41) is 0. The minimum Gasteiger partial charge on any atom is -0.494 e. The van der Waals surface area contributed by atoms with Gasteiger partial charge in [-0.1, -0.05) is 0 Å². The van der Waals surface area contributed by atoms with Crippen LogP contribution in [0.4, 0.5) is 13.2 Å². The summed E-state index contributed by atoms with van der Waals surface area (Å²) in [6, 6.07) is 2.97. The number of rotatable bonds is 3. The zero-order chi connectivity index (χ0) is 11.6. The van der Waals surface area contributed by atoms with Crippen molar-refractivity contribution in [2.45, 2.75) is 12.8 Å².